The van der Waals surface area contributed by atoms with Crippen molar-refractivity contribution in [3.63, 3.8) is 0 Å². The van der Waals surface area contributed by atoms with E-state index in [4.69, 9.17) is 21.3 Å². The lowest BCUT2D eigenvalue weighted by Gasteiger charge is -2.32. The van der Waals surface area contributed by atoms with Crippen LogP contribution in [0.3, 0.4) is 0 Å². The topological polar surface area (TPSA) is 79.4 Å². The number of halogens is 1. The highest BCUT2D eigenvalue weighted by atomic mass is 35.5. The molecule has 206 valence electrons. The minimum Gasteiger partial charge on any atom is -0.383 e. The minimum atomic E-state index is -0.557. The number of hydrogen-bond acceptors (Lipinski definition) is 6. The third-order valence-corrected chi connectivity index (χ3v) is 8.52. The van der Waals surface area contributed by atoms with E-state index in [9.17, 15) is 4.79 Å². The monoisotopic (exact) mass is 547 g/mol. The predicted molar refractivity (Wildman–Crippen MR) is 157 cm³/mol. The summed E-state index contributed by atoms with van der Waals surface area (Å²) < 4.78 is 5.23. The standard InChI is InChI=1S/C31H38ClN5O2/c1-20-18-23(21-12-14-37(15-13-21)16-17-39-4)9-10-25(20)35-30-33-19-24(32)26(36-30)11-8-22-6-5-7-27-28(22)31(2,3)29(38)34-27/h5-7,9-10,18-19,21H,8,11-17H2,1-4H3,(H,34,38)(H,33,35,36). The van der Waals surface area contributed by atoms with Crippen LogP contribution in [0.2, 0.25) is 5.02 Å². The minimum absolute atomic E-state index is 0.0328. The number of piperidine rings is 1. The first kappa shape index (κ1) is 27.6. The number of amides is 1. The SMILES string of the molecule is COCCN1CCC(c2ccc(Nc3ncc(Cl)c(CCc4cccc5c4C(C)(C)C(=O)N5)n3)c(C)c2)CC1. The van der Waals surface area contributed by atoms with E-state index < -0.39 is 5.41 Å². The second-order valence-corrected chi connectivity index (χ2v) is 11.6. The van der Waals surface area contributed by atoms with Gasteiger partial charge in [0.1, 0.15) is 0 Å². The third-order valence-electron chi connectivity index (χ3n) is 8.21. The van der Waals surface area contributed by atoms with Crippen LogP contribution in [0.4, 0.5) is 17.3 Å². The number of hydrogen-bond donors (Lipinski definition) is 2. The fourth-order valence-electron chi connectivity index (χ4n) is 5.85. The molecule has 3 heterocycles. The molecule has 0 atom stereocenters. The summed E-state index contributed by atoms with van der Waals surface area (Å²) in [6, 6.07) is 12.7. The molecule has 0 unspecified atom stereocenters. The summed E-state index contributed by atoms with van der Waals surface area (Å²) in [5, 5.41) is 6.95. The van der Waals surface area contributed by atoms with Crippen molar-refractivity contribution in [3.8, 4) is 0 Å². The summed E-state index contributed by atoms with van der Waals surface area (Å²) in [7, 11) is 1.76. The van der Waals surface area contributed by atoms with E-state index in [1.807, 2.05) is 26.0 Å². The Bertz CT molecular complexity index is 1350. The van der Waals surface area contributed by atoms with Crippen LogP contribution in [-0.4, -0.2) is 54.1 Å². The van der Waals surface area contributed by atoms with Gasteiger partial charge in [0.25, 0.3) is 0 Å². The first-order valence-corrected chi connectivity index (χ1v) is 14.2. The zero-order valence-corrected chi connectivity index (χ0v) is 24.1. The summed E-state index contributed by atoms with van der Waals surface area (Å²) in [6.45, 7) is 10.1. The number of aryl methyl sites for hydroxylation is 3. The summed E-state index contributed by atoms with van der Waals surface area (Å²) >= 11 is 6.51. The summed E-state index contributed by atoms with van der Waals surface area (Å²) in [4.78, 5) is 24.2. The number of carbonyl (C=O) groups is 1. The Morgan fingerprint density at radius 2 is 1.97 bits per heavy atom. The van der Waals surface area contributed by atoms with Gasteiger partial charge >= 0.3 is 0 Å². The number of likely N-dealkylation sites (tertiary alicyclic amines) is 1. The van der Waals surface area contributed by atoms with Crippen LogP contribution in [0, 0.1) is 6.92 Å². The highest BCUT2D eigenvalue weighted by molar-refractivity contribution is 6.31. The van der Waals surface area contributed by atoms with Crippen LogP contribution >= 0.6 is 11.6 Å². The molecule has 0 spiro atoms. The quantitative estimate of drug-likeness (QED) is 0.341. The van der Waals surface area contributed by atoms with Crippen LogP contribution in [0.25, 0.3) is 0 Å². The lowest BCUT2D eigenvalue weighted by atomic mass is 9.82. The molecule has 8 heteroatoms. The Balaban J connectivity index is 1.25. The van der Waals surface area contributed by atoms with E-state index in [1.54, 1.807) is 13.3 Å². The molecule has 2 N–H and O–H groups in total. The maximum atomic E-state index is 12.5. The molecule has 3 aromatic rings. The fraction of sp³-hybridized carbons (Fsp3) is 0.452. The van der Waals surface area contributed by atoms with E-state index in [1.165, 1.54) is 24.0 Å². The first-order chi connectivity index (χ1) is 18.8. The van der Waals surface area contributed by atoms with Gasteiger partial charge in [0, 0.05) is 25.0 Å². The van der Waals surface area contributed by atoms with E-state index >= 15 is 0 Å². The number of ether oxygens (including phenoxy) is 1. The van der Waals surface area contributed by atoms with E-state index in [0.29, 0.717) is 23.3 Å². The predicted octanol–water partition coefficient (Wildman–Crippen LogP) is 6.02. The Hall–Kier alpha value is -3.00. The summed E-state index contributed by atoms with van der Waals surface area (Å²) in [5.41, 5.74) is 6.90. The normalized spacial score (nSPS) is 17.2. The van der Waals surface area contributed by atoms with Gasteiger partial charge < -0.3 is 20.3 Å². The molecular weight excluding hydrogens is 510 g/mol. The van der Waals surface area contributed by atoms with Crippen molar-refractivity contribution in [1.82, 2.24) is 14.9 Å². The molecule has 2 aliphatic rings. The fourth-order valence-corrected chi connectivity index (χ4v) is 6.03. The second-order valence-electron chi connectivity index (χ2n) is 11.2. The summed E-state index contributed by atoms with van der Waals surface area (Å²) in [5.74, 6) is 1.16. The molecule has 39 heavy (non-hydrogen) atoms. The smallest absolute Gasteiger partial charge is 0.234 e. The lowest BCUT2D eigenvalue weighted by molar-refractivity contribution is -0.119. The van der Waals surface area contributed by atoms with Crippen molar-refractivity contribution in [2.75, 3.05) is 44.0 Å². The van der Waals surface area contributed by atoms with Crippen LogP contribution in [0.15, 0.2) is 42.6 Å². The van der Waals surface area contributed by atoms with E-state index in [0.717, 1.165) is 60.9 Å². The third kappa shape index (κ3) is 5.96. The molecule has 5 rings (SSSR count). The average molecular weight is 548 g/mol. The molecule has 0 aliphatic carbocycles. The highest BCUT2D eigenvalue weighted by Gasteiger charge is 2.39. The Morgan fingerprint density at radius 1 is 1.18 bits per heavy atom. The van der Waals surface area contributed by atoms with Gasteiger partial charge in [-0.15, -0.1) is 0 Å². The van der Waals surface area contributed by atoms with Gasteiger partial charge in [-0.2, -0.15) is 0 Å². The highest BCUT2D eigenvalue weighted by Crippen LogP contribution is 2.40. The zero-order valence-electron chi connectivity index (χ0n) is 23.3. The van der Waals surface area contributed by atoms with Gasteiger partial charge in [0.15, 0.2) is 0 Å². The summed E-state index contributed by atoms with van der Waals surface area (Å²) in [6.07, 6.45) is 5.39. The van der Waals surface area contributed by atoms with Gasteiger partial charge in [-0.05, 0) is 99.8 Å². The zero-order chi connectivity index (χ0) is 27.6. The Kier molecular flexibility index (Phi) is 8.21. The van der Waals surface area contributed by atoms with Gasteiger partial charge in [0.05, 0.1) is 28.9 Å². The number of rotatable bonds is 9. The molecule has 7 nitrogen and oxygen atoms in total. The molecular formula is C31H38ClN5O2. The average Bonchev–Trinajstić information content (AvgIpc) is 3.17. The number of anilines is 3. The number of fused-ring (bicyclic) bond motifs is 1. The molecule has 1 aromatic heterocycles. The van der Waals surface area contributed by atoms with Crippen LogP contribution < -0.4 is 10.6 Å². The van der Waals surface area contributed by atoms with E-state index in [2.05, 4.69) is 51.7 Å². The van der Waals surface area contributed by atoms with Crippen LogP contribution in [-0.2, 0) is 27.8 Å². The van der Waals surface area contributed by atoms with Crippen molar-refractivity contribution < 1.29 is 9.53 Å². The number of methoxy groups -OCH3 is 1. The number of nitrogens with zero attached hydrogens (tertiary/aromatic N) is 3. The molecule has 1 amide bonds. The van der Waals surface area contributed by atoms with Crippen molar-refractivity contribution in [3.05, 3.63) is 75.6 Å². The van der Waals surface area contributed by atoms with Crippen LogP contribution in [0.1, 0.15) is 60.6 Å². The first-order valence-electron chi connectivity index (χ1n) is 13.8. The van der Waals surface area contributed by atoms with Gasteiger partial charge in [-0.3, -0.25) is 4.79 Å². The number of carbonyl (C=O) groups excluding carboxylic acids is 1. The van der Waals surface area contributed by atoms with Gasteiger partial charge in [-0.1, -0.05) is 35.9 Å². The largest absolute Gasteiger partial charge is 0.383 e. The molecule has 2 aliphatic heterocycles. The second kappa shape index (κ2) is 11.6. The number of benzene rings is 2. The maximum absolute atomic E-state index is 12.5. The van der Waals surface area contributed by atoms with Crippen molar-refractivity contribution >= 4 is 34.8 Å². The molecule has 1 fully saturated rings. The number of nitrogens with one attached hydrogen (secondary N) is 2. The molecule has 0 radical (unpaired) electrons. The van der Waals surface area contributed by atoms with Gasteiger partial charge in [0.2, 0.25) is 11.9 Å². The van der Waals surface area contributed by atoms with Crippen molar-refractivity contribution in [2.45, 2.75) is 57.8 Å². The maximum Gasteiger partial charge on any atom is 0.234 e. The van der Waals surface area contributed by atoms with Crippen molar-refractivity contribution in [2.24, 2.45) is 0 Å². The number of aromatic nitrogens is 2. The van der Waals surface area contributed by atoms with E-state index in [-0.39, 0.29) is 5.91 Å². The molecule has 0 bridgehead atoms. The molecule has 1 saturated heterocycles. The molecule has 0 saturated carbocycles. The Labute approximate surface area is 236 Å². The van der Waals surface area contributed by atoms with Crippen molar-refractivity contribution in [1.29, 1.82) is 0 Å². The lowest BCUT2D eigenvalue weighted by Crippen LogP contribution is -2.35. The van der Waals surface area contributed by atoms with Crippen LogP contribution in [0.5, 0.6) is 0 Å². The molecule has 2 aromatic carbocycles. The Morgan fingerprint density at radius 3 is 2.72 bits per heavy atom. The van der Waals surface area contributed by atoms with Gasteiger partial charge in [-0.25, -0.2) is 9.97 Å².